The summed E-state index contributed by atoms with van der Waals surface area (Å²) in [5, 5.41) is 0. The molecule has 0 aromatic carbocycles. The number of rotatable bonds is 6. The molecule has 2 fully saturated rings. The van der Waals surface area contributed by atoms with Gasteiger partial charge in [0.25, 0.3) is 0 Å². The Kier molecular flexibility index (Phi) is 5.18. The molecule has 1 aromatic heterocycles. The highest BCUT2D eigenvalue weighted by atomic mass is 16.5. The summed E-state index contributed by atoms with van der Waals surface area (Å²) in [7, 11) is 3.62. The average molecular weight is 308 g/mol. The Morgan fingerprint density at radius 1 is 1.27 bits per heavy atom. The number of fused-ring (bicyclic) bond motifs is 1. The minimum absolute atomic E-state index is 0.382. The van der Waals surface area contributed by atoms with Gasteiger partial charge in [0.1, 0.15) is 11.5 Å². The molecular formula is C17H28N2O3. The molecule has 0 radical (unpaired) electrons. The Bertz CT molecular complexity index is 476. The molecule has 124 valence electrons. The van der Waals surface area contributed by atoms with Crippen LogP contribution in [0.3, 0.4) is 0 Å². The fourth-order valence-electron chi connectivity index (χ4n) is 3.98. The normalized spacial score (nSPS) is 29.9. The van der Waals surface area contributed by atoms with Crippen molar-refractivity contribution >= 4 is 0 Å². The van der Waals surface area contributed by atoms with Crippen molar-refractivity contribution in [3.8, 4) is 0 Å². The van der Waals surface area contributed by atoms with Gasteiger partial charge in [-0.2, -0.15) is 0 Å². The zero-order valence-corrected chi connectivity index (χ0v) is 14.0. The summed E-state index contributed by atoms with van der Waals surface area (Å²) in [6, 6.07) is 4.71. The van der Waals surface area contributed by atoms with Crippen molar-refractivity contribution in [2.24, 2.45) is 5.92 Å². The zero-order chi connectivity index (χ0) is 15.5. The van der Waals surface area contributed by atoms with Gasteiger partial charge in [-0.05, 0) is 25.5 Å². The van der Waals surface area contributed by atoms with E-state index in [1.165, 1.54) is 0 Å². The number of likely N-dealkylation sites (tertiary alicyclic amines) is 2. The van der Waals surface area contributed by atoms with Crippen LogP contribution in [0, 0.1) is 12.8 Å². The third kappa shape index (κ3) is 3.38. The molecule has 0 bridgehead atoms. The zero-order valence-electron chi connectivity index (χ0n) is 14.0. The molecule has 2 saturated heterocycles. The highest BCUT2D eigenvalue weighted by Gasteiger charge is 2.44. The van der Waals surface area contributed by atoms with Gasteiger partial charge in [0, 0.05) is 52.4 Å². The van der Waals surface area contributed by atoms with Gasteiger partial charge in [-0.1, -0.05) is 0 Å². The van der Waals surface area contributed by atoms with Crippen molar-refractivity contribution in [2.45, 2.75) is 32.0 Å². The molecule has 5 nitrogen and oxygen atoms in total. The molecule has 0 unspecified atom stereocenters. The van der Waals surface area contributed by atoms with Crippen molar-refractivity contribution in [1.82, 2.24) is 9.80 Å². The summed E-state index contributed by atoms with van der Waals surface area (Å²) in [6.45, 7) is 8.02. The number of ether oxygens (including phenoxy) is 2. The van der Waals surface area contributed by atoms with Crippen molar-refractivity contribution in [2.75, 3.05) is 47.0 Å². The summed E-state index contributed by atoms with van der Waals surface area (Å²) >= 11 is 0. The predicted octanol–water partition coefficient (Wildman–Crippen LogP) is 1.76. The Labute approximate surface area is 133 Å². The van der Waals surface area contributed by atoms with E-state index in [1.54, 1.807) is 7.11 Å². The third-order valence-electron chi connectivity index (χ3n) is 5.13. The lowest BCUT2D eigenvalue weighted by Gasteiger charge is -2.40. The van der Waals surface area contributed by atoms with E-state index >= 15 is 0 Å². The predicted molar refractivity (Wildman–Crippen MR) is 84.9 cm³/mol. The maximum Gasteiger partial charge on any atom is 0.118 e. The average Bonchev–Trinajstić information content (AvgIpc) is 3.12. The minimum Gasteiger partial charge on any atom is -0.465 e. The Hall–Kier alpha value is -0.880. The highest BCUT2D eigenvalue weighted by Crippen LogP contribution is 2.33. The molecule has 1 aromatic rings. The van der Waals surface area contributed by atoms with E-state index in [9.17, 15) is 0 Å². The first-order valence-corrected chi connectivity index (χ1v) is 8.24. The van der Waals surface area contributed by atoms with Crippen LogP contribution in [0.5, 0.6) is 0 Å². The van der Waals surface area contributed by atoms with Crippen LogP contribution in [0.15, 0.2) is 16.5 Å². The summed E-state index contributed by atoms with van der Waals surface area (Å²) in [5.74, 6) is 2.65. The number of piperidine rings is 1. The number of hydrogen-bond acceptors (Lipinski definition) is 5. The molecule has 22 heavy (non-hydrogen) atoms. The number of furan rings is 1. The first-order chi connectivity index (χ1) is 10.7. The molecule has 3 rings (SSSR count). The SMILES string of the molecule is COCCN1C[C@H]2[C@@H](C1)N(Cc1ccc(C)o1)CC[C@H]2OC. The second kappa shape index (κ2) is 7.13. The molecule has 2 aliphatic heterocycles. The molecule has 0 saturated carbocycles. The quantitative estimate of drug-likeness (QED) is 0.800. The molecule has 3 atom stereocenters. The van der Waals surface area contributed by atoms with Gasteiger partial charge in [-0.3, -0.25) is 9.80 Å². The van der Waals surface area contributed by atoms with Crippen molar-refractivity contribution in [1.29, 1.82) is 0 Å². The standard InChI is InChI=1S/C17H28N2O3/c1-13-4-5-14(22-13)10-19-7-6-17(21-3)15-11-18(8-9-20-2)12-16(15)19/h4-5,15-17H,6-12H2,1-3H3/t15-,16+,17+/m0/s1. The van der Waals surface area contributed by atoms with Crippen molar-refractivity contribution in [3.63, 3.8) is 0 Å². The van der Waals surface area contributed by atoms with E-state index in [-0.39, 0.29) is 0 Å². The summed E-state index contributed by atoms with van der Waals surface area (Å²) < 4.78 is 16.8. The minimum atomic E-state index is 0.382. The van der Waals surface area contributed by atoms with Gasteiger partial charge < -0.3 is 13.9 Å². The Morgan fingerprint density at radius 3 is 2.82 bits per heavy atom. The third-order valence-corrected chi connectivity index (χ3v) is 5.13. The van der Waals surface area contributed by atoms with Gasteiger partial charge in [0.2, 0.25) is 0 Å². The monoisotopic (exact) mass is 308 g/mol. The molecular weight excluding hydrogens is 280 g/mol. The fraction of sp³-hybridized carbons (Fsp3) is 0.765. The molecule has 0 amide bonds. The van der Waals surface area contributed by atoms with Crippen molar-refractivity contribution < 1.29 is 13.9 Å². The second-order valence-corrected chi connectivity index (χ2v) is 6.53. The fourth-order valence-corrected chi connectivity index (χ4v) is 3.98. The van der Waals surface area contributed by atoms with Crippen LogP contribution in [-0.4, -0.2) is 69.0 Å². The van der Waals surface area contributed by atoms with E-state index in [0.717, 1.165) is 57.3 Å². The van der Waals surface area contributed by atoms with Crippen molar-refractivity contribution in [3.05, 3.63) is 23.7 Å². The van der Waals surface area contributed by atoms with Gasteiger partial charge in [0.05, 0.1) is 19.3 Å². The van der Waals surface area contributed by atoms with Crippen LogP contribution in [0.2, 0.25) is 0 Å². The van der Waals surface area contributed by atoms with Gasteiger partial charge in [-0.25, -0.2) is 0 Å². The first kappa shape index (κ1) is 16.0. The van der Waals surface area contributed by atoms with Crippen LogP contribution in [0.4, 0.5) is 0 Å². The summed E-state index contributed by atoms with van der Waals surface area (Å²) in [4.78, 5) is 5.09. The lowest BCUT2D eigenvalue weighted by Crippen LogP contribution is -2.50. The molecule has 0 spiro atoms. The molecule has 5 heteroatoms. The molecule has 3 heterocycles. The number of hydrogen-bond donors (Lipinski definition) is 0. The van der Waals surface area contributed by atoms with Gasteiger partial charge in [-0.15, -0.1) is 0 Å². The largest absolute Gasteiger partial charge is 0.465 e. The topological polar surface area (TPSA) is 38.1 Å². The van der Waals surface area contributed by atoms with Crippen LogP contribution >= 0.6 is 0 Å². The Morgan fingerprint density at radius 2 is 2.14 bits per heavy atom. The van der Waals surface area contributed by atoms with E-state index in [4.69, 9.17) is 13.9 Å². The van der Waals surface area contributed by atoms with Crippen LogP contribution in [-0.2, 0) is 16.0 Å². The molecule has 0 aliphatic carbocycles. The second-order valence-electron chi connectivity index (χ2n) is 6.53. The maximum absolute atomic E-state index is 5.77. The number of nitrogens with zero attached hydrogens (tertiary/aromatic N) is 2. The maximum atomic E-state index is 5.77. The van der Waals surface area contributed by atoms with E-state index in [0.29, 0.717) is 18.1 Å². The van der Waals surface area contributed by atoms with Crippen LogP contribution in [0.25, 0.3) is 0 Å². The number of methoxy groups -OCH3 is 2. The number of aryl methyl sites for hydroxylation is 1. The lowest BCUT2D eigenvalue weighted by atomic mass is 9.89. The molecule has 0 N–H and O–H groups in total. The first-order valence-electron chi connectivity index (χ1n) is 8.24. The van der Waals surface area contributed by atoms with E-state index in [2.05, 4.69) is 15.9 Å². The van der Waals surface area contributed by atoms with E-state index < -0.39 is 0 Å². The van der Waals surface area contributed by atoms with Gasteiger partial charge >= 0.3 is 0 Å². The van der Waals surface area contributed by atoms with E-state index in [1.807, 2.05) is 20.1 Å². The lowest BCUT2D eigenvalue weighted by molar-refractivity contribution is -0.0263. The van der Waals surface area contributed by atoms with Crippen LogP contribution in [0.1, 0.15) is 17.9 Å². The highest BCUT2D eigenvalue weighted by molar-refractivity contribution is 5.07. The van der Waals surface area contributed by atoms with Gasteiger partial charge in [0.15, 0.2) is 0 Å². The summed E-state index contributed by atoms with van der Waals surface area (Å²) in [5.41, 5.74) is 0. The van der Waals surface area contributed by atoms with Crippen LogP contribution < -0.4 is 0 Å². The smallest absolute Gasteiger partial charge is 0.118 e. The summed E-state index contributed by atoms with van der Waals surface area (Å²) in [6.07, 6.45) is 1.49. The molecule has 2 aliphatic rings. The Balaban J connectivity index is 1.67.